The first-order chi connectivity index (χ1) is 9.77. The van der Waals surface area contributed by atoms with Crippen LogP contribution in [-0.2, 0) is 14.8 Å². The summed E-state index contributed by atoms with van der Waals surface area (Å²) in [5.41, 5.74) is 0.684. The van der Waals surface area contributed by atoms with Crippen LogP contribution >= 0.6 is 0 Å². The summed E-state index contributed by atoms with van der Waals surface area (Å²) >= 11 is 0. The molecule has 1 aromatic carbocycles. The summed E-state index contributed by atoms with van der Waals surface area (Å²) in [5.74, 6) is 0.128. The number of aliphatic hydroxyl groups is 1. The van der Waals surface area contributed by atoms with E-state index in [4.69, 9.17) is 4.74 Å². The fourth-order valence-corrected chi connectivity index (χ4v) is 3.17. The van der Waals surface area contributed by atoms with Gasteiger partial charge in [-0.15, -0.1) is 0 Å². The largest absolute Gasteiger partial charge is 0.389 e. The van der Waals surface area contributed by atoms with E-state index in [2.05, 4.69) is 4.72 Å². The van der Waals surface area contributed by atoms with E-state index >= 15 is 0 Å². The monoisotopic (exact) mass is 315 g/mol. The second kappa shape index (κ2) is 7.89. The van der Waals surface area contributed by atoms with Crippen LogP contribution in [0.2, 0.25) is 0 Å². The zero-order valence-corrected chi connectivity index (χ0v) is 13.9. The normalized spacial score (nSPS) is 15.1. The van der Waals surface area contributed by atoms with Crippen molar-refractivity contribution in [2.24, 2.45) is 5.92 Å². The van der Waals surface area contributed by atoms with Crippen molar-refractivity contribution in [2.45, 2.75) is 44.7 Å². The highest BCUT2D eigenvalue weighted by atomic mass is 32.2. The van der Waals surface area contributed by atoms with Gasteiger partial charge in [0.15, 0.2) is 0 Å². The van der Waals surface area contributed by atoms with Gasteiger partial charge in [0, 0.05) is 12.6 Å². The standard InChI is InChI=1S/C15H25NO4S/c1-5-20-10-15(11(2)3)16-21(18,19)14-8-6-13(7-9-14)12(4)17/h6-9,11-12,15-17H,5,10H2,1-4H3. The number of hydrogen-bond donors (Lipinski definition) is 2. The molecule has 6 heteroatoms. The van der Waals surface area contributed by atoms with Crippen molar-refractivity contribution in [3.63, 3.8) is 0 Å². The van der Waals surface area contributed by atoms with Crippen molar-refractivity contribution in [2.75, 3.05) is 13.2 Å². The number of rotatable bonds is 8. The van der Waals surface area contributed by atoms with Crippen LogP contribution in [-0.4, -0.2) is 32.8 Å². The lowest BCUT2D eigenvalue weighted by molar-refractivity contribution is 0.116. The maximum Gasteiger partial charge on any atom is 0.240 e. The van der Waals surface area contributed by atoms with Crippen LogP contribution in [0.4, 0.5) is 0 Å². The molecule has 0 fully saturated rings. The zero-order chi connectivity index (χ0) is 16.0. The second-order valence-corrected chi connectivity index (χ2v) is 7.09. The highest BCUT2D eigenvalue weighted by Gasteiger charge is 2.22. The summed E-state index contributed by atoms with van der Waals surface area (Å²) in [7, 11) is -3.59. The third-order valence-corrected chi connectivity index (χ3v) is 4.79. The molecule has 2 atom stereocenters. The van der Waals surface area contributed by atoms with Gasteiger partial charge in [-0.3, -0.25) is 0 Å². The average molecular weight is 315 g/mol. The van der Waals surface area contributed by atoms with Gasteiger partial charge in [0.05, 0.1) is 17.6 Å². The Morgan fingerprint density at radius 1 is 1.19 bits per heavy atom. The van der Waals surface area contributed by atoms with Gasteiger partial charge >= 0.3 is 0 Å². The minimum atomic E-state index is -3.59. The second-order valence-electron chi connectivity index (χ2n) is 5.38. The Morgan fingerprint density at radius 3 is 2.19 bits per heavy atom. The summed E-state index contributed by atoms with van der Waals surface area (Å²) in [6.45, 7) is 8.30. The van der Waals surface area contributed by atoms with Gasteiger partial charge in [-0.1, -0.05) is 26.0 Å². The molecule has 0 spiro atoms. The molecule has 2 unspecified atom stereocenters. The number of sulfonamides is 1. The quantitative estimate of drug-likeness (QED) is 0.770. The molecule has 0 heterocycles. The lowest BCUT2D eigenvalue weighted by atomic mass is 10.1. The highest BCUT2D eigenvalue weighted by molar-refractivity contribution is 7.89. The average Bonchev–Trinajstić information content (AvgIpc) is 2.43. The lowest BCUT2D eigenvalue weighted by Crippen LogP contribution is -2.41. The molecule has 0 aliphatic rings. The number of nitrogens with one attached hydrogen (secondary N) is 1. The fraction of sp³-hybridized carbons (Fsp3) is 0.600. The number of hydrogen-bond acceptors (Lipinski definition) is 4. The molecule has 5 nitrogen and oxygen atoms in total. The summed E-state index contributed by atoms with van der Waals surface area (Å²) in [5, 5.41) is 9.45. The summed E-state index contributed by atoms with van der Waals surface area (Å²) < 4.78 is 32.7. The smallest absolute Gasteiger partial charge is 0.240 e. The van der Waals surface area contributed by atoms with E-state index in [9.17, 15) is 13.5 Å². The fourth-order valence-electron chi connectivity index (χ4n) is 1.80. The molecule has 0 aliphatic heterocycles. The van der Waals surface area contributed by atoms with Crippen molar-refractivity contribution in [3.8, 4) is 0 Å². The third-order valence-electron chi connectivity index (χ3n) is 3.29. The summed E-state index contributed by atoms with van der Waals surface area (Å²) in [6, 6.07) is 5.97. The van der Waals surface area contributed by atoms with Gasteiger partial charge < -0.3 is 9.84 Å². The molecule has 0 aromatic heterocycles. The molecule has 0 bridgehead atoms. The van der Waals surface area contributed by atoms with Crippen LogP contribution < -0.4 is 4.72 Å². The molecule has 120 valence electrons. The number of ether oxygens (including phenoxy) is 1. The summed E-state index contributed by atoms with van der Waals surface area (Å²) in [6.07, 6.45) is -0.615. The van der Waals surface area contributed by atoms with Crippen molar-refractivity contribution in [1.29, 1.82) is 0 Å². The van der Waals surface area contributed by atoms with Crippen LogP contribution in [0.5, 0.6) is 0 Å². The number of aliphatic hydroxyl groups excluding tert-OH is 1. The van der Waals surface area contributed by atoms with Gasteiger partial charge in [0.25, 0.3) is 0 Å². The maximum atomic E-state index is 12.4. The Hall–Kier alpha value is -0.950. The van der Waals surface area contributed by atoms with Gasteiger partial charge in [-0.2, -0.15) is 0 Å². The lowest BCUT2D eigenvalue weighted by Gasteiger charge is -2.22. The minimum absolute atomic E-state index is 0.128. The zero-order valence-electron chi connectivity index (χ0n) is 13.0. The van der Waals surface area contributed by atoms with Crippen LogP contribution in [0.25, 0.3) is 0 Å². The van der Waals surface area contributed by atoms with E-state index in [-0.39, 0.29) is 16.9 Å². The van der Waals surface area contributed by atoms with E-state index in [0.717, 1.165) is 0 Å². The van der Waals surface area contributed by atoms with Crippen LogP contribution in [0.3, 0.4) is 0 Å². The van der Waals surface area contributed by atoms with E-state index in [1.807, 2.05) is 20.8 Å². The van der Waals surface area contributed by atoms with Gasteiger partial charge in [0.1, 0.15) is 0 Å². The van der Waals surface area contributed by atoms with E-state index in [1.54, 1.807) is 19.1 Å². The molecule has 0 saturated heterocycles. The molecule has 0 radical (unpaired) electrons. The predicted molar refractivity (Wildman–Crippen MR) is 82.5 cm³/mol. The minimum Gasteiger partial charge on any atom is -0.389 e. The van der Waals surface area contributed by atoms with E-state index < -0.39 is 16.1 Å². The van der Waals surface area contributed by atoms with Crippen LogP contribution in [0.1, 0.15) is 39.4 Å². The molecule has 0 saturated carbocycles. The molecule has 1 aromatic rings. The number of benzene rings is 1. The Morgan fingerprint density at radius 2 is 1.76 bits per heavy atom. The Balaban J connectivity index is 2.88. The first kappa shape index (κ1) is 18.1. The molecule has 21 heavy (non-hydrogen) atoms. The Kier molecular flexibility index (Phi) is 6.80. The van der Waals surface area contributed by atoms with Crippen molar-refractivity contribution >= 4 is 10.0 Å². The summed E-state index contributed by atoms with van der Waals surface area (Å²) in [4.78, 5) is 0.189. The predicted octanol–water partition coefficient (Wildman–Crippen LogP) is 2.08. The van der Waals surface area contributed by atoms with Gasteiger partial charge in [-0.05, 0) is 37.5 Å². The Labute approximate surface area is 127 Å². The first-order valence-electron chi connectivity index (χ1n) is 7.16. The van der Waals surface area contributed by atoms with Crippen molar-refractivity contribution in [1.82, 2.24) is 4.72 Å². The molecule has 1 rings (SSSR count). The van der Waals surface area contributed by atoms with Crippen LogP contribution in [0.15, 0.2) is 29.2 Å². The molecule has 0 amide bonds. The van der Waals surface area contributed by atoms with Crippen molar-refractivity contribution in [3.05, 3.63) is 29.8 Å². The molecular formula is C15H25NO4S. The molecule has 2 N–H and O–H groups in total. The third kappa shape index (κ3) is 5.39. The molecule has 0 aliphatic carbocycles. The SMILES string of the molecule is CCOCC(NS(=O)(=O)c1ccc(C(C)O)cc1)C(C)C. The van der Waals surface area contributed by atoms with Crippen LogP contribution in [0, 0.1) is 5.92 Å². The highest BCUT2D eigenvalue weighted by Crippen LogP contribution is 2.17. The maximum absolute atomic E-state index is 12.4. The first-order valence-corrected chi connectivity index (χ1v) is 8.64. The van der Waals surface area contributed by atoms with Gasteiger partial charge in [0.2, 0.25) is 10.0 Å². The van der Waals surface area contributed by atoms with E-state index in [1.165, 1.54) is 12.1 Å². The molecular weight excluding hydrogens is 290 g/mol. The van der Waals surface area contributed by atoms with Gasteiger partial charge in [-0.25, -0.2) is 13.1 Å². The Bertz CT molecular complexity index is 523. The van der Waals surface area contributed by atoms with E-state index in [0.29, 0.717) is 18.8 Å². The topological polar surface area (TPSA) is 75.6 Å². The van der Waals surface area contributed by atoms with Crippen molar-refractivity contribution < 1.29 is 18.3 Å².